The van der Waals surface area contributed by atoms with E-state index < -0.39 is 0 Å². The summed E-state index contributed by atoms with van der Waals surface area (Å²) in [5, 5.41) is 2.01. The molecule has 3 aromatic rings. The molecule has 0 amide bonds. The second-order valence-corrected chi connectivity index (χ2v) is 5.01. The summed E-state index contributed by atoms with van der Waals surface area (Å²) in [5.41, 5.74) is 1.40. The molecule has 0 aliphatic heterocycles. The molecular weight excluding hydrogens is 283 g/mol. The maximum atomic E-state index is 12.0. The van der Waals surface area contributed by atoms with Crippen molar-refractivity contribution in [1.82, 2.24) is 0 Å². The van der Waals surface area contributed by atoms with Crippen LogP contribution >= 0.6 is 23.2 Å². The molecule has 0 saturated heterocycles. The first-order valence-electron chi connectivity index (χ1n) is 5.63. The van der Waals surface area contributed by atoms with Gasteiger partial charge in [-0.25, -0.2) is 4.79 Å². The maximum absolute atomic E-state index is 12.0. The molecule has 0 bridgehead atoms. The van der Waals surface area contributed by atoms with Gasteiger partial charge >= 0.3 is 5.63 Å². The highest BCUT2D eigenvalue weighted by Gasteiger charge is 2.08. The molecular formula is C15H8Cl2O2. The van der Waals surface area contributed by atoms with Gasteiger partial charge in [-0.05, 0) is 42.0 Å². The second kappa shape index (κ2) is 4.72. The smallest absolute Gasteiger partial charge is 0.344 e. The standard InChI is InChI=1S/C15H8Cl2O2/c16-11-3-1-9(2-4-11)13-8-10-7-12(17)5-6-14(10)19-15(13)18/h1-8H. The molecule has 0 spiro atoms. The maximum Gasteiger partial charge on any atom is 0.344 e. The molecule has 3 rings (SSSR count). The predicted octanol–water partition coefficient (Wildman–Crippen LogP) is 4.77. The van der Waals surface area contributed by atoms with Crippen molar-refractivity contribution in [3.8, 4) is 11.1 Å². The number of fused-ring (bicyclic) bond motifs is 1. The summed E-state index contributed by atoms with van der Waals surface area (Å²) < 4.78 is 5.29. The summed E-state index contributed by atoms with van der Waals surface area (Å²) in [7, 11) is 0. The van der Waals surface area contributed by atoms with Gasteiger partial charge in [-0.15, -0.1) is 0 Å². The largest absolute Gasteiger partial charge is 0.422 e. The Labute approximate surface area is 119 Å². The van der Waals surface area contributed by atoms with Crippen LogP contribution in [0.1, 0.15) is 0 Å². The topological polar surface area (TPSA) is 30.2 Å². The SMILES string of the molecule is O=c1oc2ccc(Cl)cc2cc1-c1ccc(Cl)cc1. The van der Waals surface area contributed by atoms with Crippen LogP contribution in [0.3, 0.4) is 0 Å². The van der Waals surface area contributed by atoms with E-state index in [1.807, 2.05) is 0 Å². The van der Waals surface area contributed by atoms with Gasteiger partial charge in [-0.2, -0.15) is 0 Å². The van der Waals surface area contributed by atoms with E-state index in [2.05, 4.69) is 0 Å². The molecule has 0 radical (unpaired) electrons. The van der Waals surface area contributed by atoms with E-state index in [1.165, 1.54) is 0 Å². The highest BCUT2D eigenvalue weighted by atomic mass is 35.5. The fourth-order valence-electron chi connectivity index (χ4n) is 1.92. The van der Waals surface area contributed by atoms with Crippen LogP contribution in [0.2, 0.25) is 10.0 Å². The van der Waals surface area contributed by atoms with Crippen molar-refractivity contribution in [2.75, 3.05) is 0 Å². The summed E-state index contributed by atoms with van der Waals surface area (Å²) in [6.07, 6.45) is 0. The quantitative estimate of drug-likeness (QED) is 0.605. The van der Waals surface area contributed by atoms with E-state index in [4.69, 9.17) is 27.6 Å². The Bertz CT molecular complexity index is 804. The lowest BCUT2D eigenvalue weighted by molar-refractivity contribution is 0.563. The molecule has 1 heterocycles. The minimum absolute atomic E-state index is 0.378. The van der Waals surface area contributed by atoms with Crippen LogP contribution in [0.15, 0.2) is 57.7 Å². The van der Waals surface area contributed by atoms with Crippen molar-refractivity contribution in [3.05, 3.63) is 69.0 Å². The van der Waals surface area contributed by atoms with Crippen LogP contribution < -0.4 is 5.63 Å². The number of rotatable bonds is 1. The van der Waals surface area contributed by atoms with E-state index >= 15 is 0 Å². The fraction of sp³-hybridized carbons (Fsp3) is 0. The minimum Gasteiger partial charge on any atom is -0.422 e. The van der Waals surface area contributed by atoms with Gasteiger partial charge in [0.1, 0.15) is 5.58 Å². The van der Waals surface area contributed by atoms with E-state index in [0.717, 1.165) is 10.9 Å². The average molecular weight is 291 g/mol. The molecule has 2 nitrogen and oxygen atoms in total. The Morgan fingerprint density at radius 3 is 2.26 bits per heavy atom. The van der Waals surface area contributed by atoms with Crippen LogP contribution in [0.4, 0.5) is 0 Å². The highest BCUT2D eigenvalue weighted by Crippen LogP contribution is 2.24. The molecule has 1 aromatic heterocycles. The van der Waals surface area contributed by atoms with Crippen molar-refractivity contribution < 1.29 is 4.42 Å². The third-order valence-corrected chi connectivity index (χ3v) is 3.34. The summed E-state index contributed by atoms with van der Waals surface area (Å²) in [4.78, 5) is 12.0. The highest BCUT2D eigenvalue weighted by molar-refractivity contribution is 6.31. The molecule has 0 saturated carbocycles. The van der Waals surface area contributed by atoms with Crippen molar-refractivity contribution in [2.45, 2.75) is 0 Å². The van der Waals surface area contributed by atoms with Gasteiger partial charge in [0.2, 0.25) is 0 Å². The van der Waals surface area contributed by atoms with Crippen molar-refractivity contribution in [2.24, 2.45) is 0 Å². The lowest BCUT2D eigenvalue weighted by atomic mass is 10.1. The third-order valence-electron chi connectivity index (χ3n) is 2.85. The lowest BCUT2D eigenvalue weighted by Crippen LogP contribution is -2.02. The first kappa shape index (κ1) is 12.3. The molecule has 0 aliphatic carbocycles. The fourth-order valence-corrected chi connectivity index (χ4v) is 2.23. The molecule has 4 heteroatoms. The second-order valence-electron chi connectivity index (χ2n) is 4.14. The van der Waals surface area contributed by atoms with Crippen LogP contribution in [0.25, 0.3) is 22.1 Å². The van der Waals surface area contributed by atoms with Crippen LogP contribution in [-0.2, 0) is 0 Å². The molecule has 2 aromatic carbocycles. The van der Waals surface area contributed by atoms with Gasteiger partial charge in [0, 0.05) is 15.4 Å². The van der Waals surface area contributed by atoms with Gasteiger partial charge in [0.05, 0.1) is 5.56 Å². The van der Waals surface area contributed by atoms with E-state index in [-0.39, 0.29) is 5.63 Å². The first-order valence-corrected chi connectivity index (χ1v) is 6.38. The summed E-state index contributed by atoms with van der Waals surface area (Å²) >= 11 is 11.8. The predicted molar refractivity (Wildman–Crippen MR) is 77.9 cm³/mol. The molecule has 0 atom stereocenters. The third kappa shape index (κ3) is 2.37. The van der Waals surface area contributed by atoms with Crippen molar-refractivity contribution in [1.29, 1.82) is 0 Å². The molecule has 0 N–H and O–H groups in total. The zero-order valence-electron chi connectivity index (χ0n) is 9.69. The van der Waals surface area contributed by atoms with Crippen LogP contribution in [0.5, 0.6) is 0 Å². The van der Waals surface area contributed by atoms with E-state index in [1.54, 1.807) is 48.5 Å². The summed E-state index contributed by atoms with van der Waals surface area (Å²) in [6, 6.07) is 13.9. The average Bonchev–Trinajstić information content (AvgIpc) is 2.40. The van der Waals surface area contributed by atoms with Crippen LogP contribution in [-0.4, -0.2) is 0 Å². The normalized spacial score (nSPS) is 10.8. The summed E-state index contributed by atoms with van der Waals surface area (Å²) in [5.74, 6) is 0. The van der Waals surface area contributed by atoms with Gasteiger partial charge in [0.25, 0.3) is 0 Å². The van der Waals surface area contributed by atoms with Gasteiger partial charge < -0.3 is 4.42 Å². The monoisotopic (exact) mass is 290 g/mol. The Hall–Kier alpha value is -1.77. The molecule has 0 unspecified atom stereocenters. The van der Waals surface area contributed by atoms with Gasteiger partial charge in [0.15, 0.2) is 0 Å². The Morgan fingerprint density at radius 2 is 1.53 bits per heavy atom. The number of hydrogen-bond donors (Lipinski definition) is 0. The Balaban J connectivity index is 2.26. The molecule has 19 heavy (non-hydrogen) atoms. The van der Waals surface area contributed by atoms with E-state index in [0.29, 0.717) is 21.2 Å². The number of halogens is 2. The molecule has 0 aliphatic rings. The zero-order chi connectivity index (χ0) is 13.4. The van der Waals surface area contributed by atoms with Crippen molar-refractivity contribution >= 4 is 34.2 Å². The lowest BCUT2D eigenvalue weighted by Gasteiger charge is -2.03. The summed E-state index contributed by atoms with van der Waals surface area (Å²) in [6.45, 7) is 0. The minimum atomic E-state index is -0.378. The Kier molecular flexibility index (Phi) is 3.05. The van der Waals surface area contributed by atoms with E-state index in [9.17, 15) is 4.79 Å². The molecule has 94 valence electrons. The number of benzene rings is 2. The van der Waals surface area contributed by atoms with Gasteiger partial charge in [-0.3, -0.25) is 0 Å². The Morgan fingerprint density at radius 1 is 0.842 bits per heavy atom. The van der Waals surface area contributed by atoms with Crippen LogP contribution in [0, 0.1) is 0 Å². The number of hydrogen-bond acceptors (Lipinski definition) is 2. The van der Waals surface area contributed by atoms with Gasteiger partial charge in [-0.1, -0.05) is 35.3 Å². The van der Waals surface area contributed by atoms with Crippen molar-refractivity contribution in [3.63, 3.8) is 0 Å². The first-order chi connectivity index (χ1) is 9.13. The zero-order valence-corrected chi connectivity index (χ0v) is 11.2. The molecule has 0 fully saturated rings.